The lowest BCUT2D eigenvalue weighted by atomic mass is 9.84. The fourth-order valence-corrected chi connectivity index (χ4v) is 2.29. The van der Waals surface area contributed by atoms with E-state index in [1.54, 1.807) is 0 Å². The first-order valence-electron chi connectivity index (χ1n) is 7.14. The molecule has 0 aromatic rings. The van der Waals surface area contributed by atoms with Gasteiger partial charge in [-0.2, -0.15) is 0 Å². The van der Waals surface area contributed by atoms with Crippen molar-refractivity contribution in [3.63, 3.8) is 0 Å². The summed E-state index contributed by atoms with van der Waals surface area (Å²) in [6, 6.07) is -0.0455. The minimum absolute atomic E-state index is 0.0455. The zero-order chi connectivity index (χ0) is 14.3. The number of hydrogen-bond acceptors (Lipinski definition) is 3. The van der Waals surface area contributed by atoms with Gasteiger partial charge in [0.05, 0.1) is 6.04 Å². The van der Waals surface area contributed by atoms with Crippen molar-refractivity contribution in [2.45, 2.75) is 58.4 Å². The average molecular weight is 270 g/mol. The zero-order valence-electron chi connectivity index (χ0n) is 12.0. The molecule has 0 aromatic heterocycles. The third kappa shape index (κ3) is 6.57. The molecule has 0 aromatic carbocycles. The molecule has 1 rings (SSSR count). The molecule has 1 amide bonds. The van der Waals surface area contributed by atoms with Crippen molar-refractivity contribution >= 4 is 11.9 Å². The second kappa shape index (κ2) is 7.48. The summed E-state index contributed by atoms with van der Waals surface area (Å²) in [5.41, 5.74) is -0.0499. The van der Waals surface area contributed by atoms with Crippen LogP contribution < -0.4 is 10.6 Å². The van der Waals surface area contributed by atoms with Crippen LogP contribution in [0.15, 0.2) is 0 Å². The molecule has 1 aliphatic rings. The molecule has 1 atom stereocenters. The van der Waals surface area contributed by atoms with Crippen molar-refractivity contribution in [2.24, 2.45) is 5.41 Å². The lowest BCUT2D eigenvalue weighted by Crippen LogP contribution is -2.47. The molecule has 1 fully saturated rings. The normalized spacial score (nSPS) is 20.0. The summed E-state index contributed by atoms with van der Waals surface area (Å²) in [6.45, 7) is 5.62. The quantitative estimate of drug-likeness (QED) is 0.655. The Bertz CT molecular complexity index is 310. The molecule has 1 aliphatic heterocycles. The van der Waals surface area contributed by atoms with Crippen LogP contribution in [-0.4, -0.2) is 36.1 Å². The van der Waals surface area contributed by atoms with Crippen molar-refractivity contribution in [1.29, 1.82) is 0 Å². The zero-order valence-corrected chi connectivity index (χ0v) is 12.0. The van der Waals surface area contributed by atoms with Gasteiger partial charge in [0.1, 0.15) is 0 Å². The molecule has 0 radical (unpaired) electrons. The van der Waals surface area contributed by atoms with Crippen LogP contribution in [0.5, 0.6) is 0 Å². The van der Waals surface area contributed by atoms with Gasteiger partial charge < -0.3 is 15.7 Å². The summed E-state index contributed by atoms with van der Waals surface area (Å²) in [6.07, 6.45) is 4.79. The lowest BCUT2D eigenvalue weighted by molar-refractivity contribution is -0.137. The molecule has 1 heterocycles. The Labute approximate surface area is 115 Å². The van der Waals surface area contributed by atoms with Gasteiger partial charge >= 0.3 is 5.97 Å². The number of carboxylic acids is 1. The summed E-state index contributed by atoms with van der Waals surface area (Å²) in [5, 5.41) is 14.8. The third-order valence-corrected chi connectivity index (χ3v) is 3.74. The lowest BCUT2D eigenvalue weighted by Gasteiger charge is -2.26. The Hall–Kier alpha value is -1.10. The van der Waals surface area contributed by atoms with E-state index in [4.69, 9.17) is 5.11 Å². The van der Waals surface area contributed by atoms with Crippen LogP contribution in [-0.2, 0) is 9.59 Å². The Morgan fingerprint density at radius 2 is 2.05 bits per heavy atom. The van der Waals surface area contributed by atoms with Gasteiger partial charge in [-0.1, -0.05) is 20.3 Å². The number of amides is 1. The van der Waals surface area contributed by atoms with Crippen LogP contribution in [0.2, 0.25) is 0 Å². The predicted octanol–water partition coefficient (Wildman–Crippen LogP) is 1.53. The highest BCUT2D eigenvalue weighted by atomic mass is 16.4. The largest absolute Gasteiger partial charge is 0.481 e. The third-order valence-electron chi connectivity index (χ3n) is 3.74. The first kappa shape index (κ1) is 16.0. The van der Waals surface area contributed by atoms with E-state index in [2.05, 4.69) is 10.6 Å². The van der Waals surface area contributed by atoms with Crippen LogP contribution in [0, 0.1) is 5.41 Å². The minimum Gasteiger partial charge on any atom is -0.481 e. The summed E-state index contributed by atoms with van der Waals surface area (Å²) < 4.78 is 0. The van der Waals surface area contributed by atoms with Gasteiger partial charge in [-0.3, -0.25) is 9.59 Å². The van der Waals surface area contributed by atoms with E-state index in [0.717, 1.165) is 32.2 Å². The first-order valence-corrected chi connectivity index (χ1v) is 7.14. The Morgan fingerprint density at radius 3 is 2.63 bits per heavy atom. The molecule has 0 bridgehead atoms. The van der Waals surface area contributed by atoms with E-state index in [1.165, 1.54) is 0 Å². The highest BCUT2D eigenvalue weighted by Gasteiger charge is 2.22. The average Bonchev–Trinajstić information content (AvgIpc) is 2.37. The Balaban J connectivity index is 2.20. The van der Waals surface area contributed by atoms with Crippen molar-refractivity contribution in [3.05, 3.63) is 0 Å². The fourth-order valence-electron chi connectivity index (χ4n) is 2.29. The van der Waals surface area contributed by atoms with Gasteiger partial charge in [0.15, 0.2) is 0 Å². The molecule has 110 valence electrons. The molecular weight excluding hydrogens is 244 g/mol. The van der Waals surface area contributed by atoms with Crippen LogP contribution in [0.25, 0.3) is 0 Å². The Morgan fingerprint density at radius 1 is 1.32 bits per heavy atom. The van der Waals surface area contributed by atoms with Gasteiger partial charge in [0.25, 0.3) is 0 Å². The van der Waals surface area contributed by atoms with Crippen LogP contribution in [0.4, 0.5) is 0 Å². The van der Waals surface area contributed by atoms with Crippen molar-refractivity contribution in [3.8, 4) is 0 Å². The van der Waals surface area contributed by atoms with Gasteiger partial charge in [-0.05, 0) is 37.6 Å². The molecular formula is C14H26N2O3. The smallest absolute Gasteiger partial charge is 0.303 e. The van der Waals surface area contributed by atoms with E-state index in [1.807, 2.05) is 13.8 Å². The fraction of sp³-hybridized carbons (Fsp3) is 0.857. The van der Waals surface area contributed by atoms with E-state index in [0.29, 0.717) is 13.0 Å². The molecule has 3 N–H and O–H groups in total. The molecule has 19 heavy (non-hydrogen) atoms. The molecule has 5 heteroatoms. The Kier molecular flexibility index (Phi) is 6.28. The summed E-state index contributed by atoms with van der Waals surface area (Å²) in [5.74, 6) is -0.683. The number of nitrogens with one attached hydrogen (secondary N) is 2. The maximum absolute atomic E-state index is 11.9. The van der Waals surface area contributed by atoms with E-state index >= 15 is 0 Å². The number of aliphatic carboxylic acids is 1. The maximum Gasteiger partial charge on any atom is 0.303 e. The number of rotatable bonds is 7. The standard InChI is InChI=1S/C14H26N2O3/c1-14(2,7-6-12(17)18)8-10-16-13(19)11-5-3-4-9-15-11/h11,15H,3-10H2,1-2H3,(H,16,19)(H,17,18)/t11-/m1/s1. The van der Waals surface area contributed by atoms with Crippen molar-refractivity contribution in [1.82, 2.24) is 10.6 Å². The van der Waals surface area contributed by atoms with Gasteiger partial charge in [0, 0.05) is 13.0 Å². The summed E-state index contributed by atoms with van der Waals surface area (Å²) in [7, 11) is 0. The SMILES string of the molecule is CC(C)(CCNC(=O)[C@H]1CCCCN1)CCC(=O)O. The van der Waals surface area contributed by atoms with Crippen LogP contribution in [0.1, 0.15) is 52.4 Å². The molecule has 5 nitrogen and oxygen atoms in total. The molecule has 1 saturated heterocycles. The number of carbonyl (C=O) groups excluding carboxylic acids is 1. The summed E-state index contributed by atoms with van der Waals surface area (Å²) in [4.78, 5) is 22.4. The molecule has 0 aliphatic carbocycles. The van der Waals surface area contributed by atoms with Crippen molar-refractivity contribution < 1.29 is 14.7 Å². The minimum atomic E-state index is -0.761. The molecule has 0 saturated carbocycles. The highest BCUT2D eigenvalue weighted by molar-refractivity contribution is 5.81. The van der Waals surface area contributed by atoms with E-state index in [9.17, 15) is 9.59 Å². The number of carbonyl (C=O) groups is 2. The molecule has 0 spiro atoms. The number of carboxylic acid groups (broad SMARTS) is 1. The van der Waals surface area contributed by atoms with E-state index < -0.39 is 5.97 Å². The number of hydrogen-bond donors (Lipinski definition) is 3. The van der Waals surface area contributed by atoms with E-state index in [-0.39, 0.29) is 23.8 Å². The summed E-state index contributed by atoms with van der Waals surface area (Å²) >= 11 is 0. The van der Waals surface area contributed by atoms with Crippen LogP contribution >= 0.6 is 0 Å². The predicted molar refractivity (Wildman–Crippen MR) is 73.9 cm³/mol. The molecule has 0 unspecified atom stereocenters. The second-order valence-corrected chi connectivity index (χ2v) is 6.10. The van der Waals surface area contributed by atoms with Gasteiger partial charge in [-0.15, -0.1) is 0 Å². The highest BCUT2D eigenvalue weighted by Crippen LogP contribution is 2.26. The van der Waals surface area contributed by atoms with Crippen molar-refractivity contribution in [2.75, 3.05) is 13.1 Å². The maximum atomic E-state index is 11.9. The second-order valence-electron chi connectivity index (χ2n) is 6.10. The topological polar surface area (TPSA) is 78.4 Å². The van der Waals surface area contributed by atoms with Crippen LogP contribution in [0.3, 0.4) is 0 Å². The van der Waals surface area contributed by atoms with Gasteiger partial charge in [-0.25, -0.2) is 0 Å². The number of piperidine rings is 1. The monoisotopic (exact) mass is 270 g/mol. The first-order chi connectivity index (χ1) is 8.91. The van der Waals surface area contributed by atoms with Gasteiger partial charge in [0.2, 0.25) is 5.91 Å².